The third-order valence-electron chi connectivity index (χ3n) is 10.8. The molecule has 0 spiro atoms. The largest absolute Gasteiger partial charge is 0.338 e. The Morgan fingerprint density at radius 2 is 1.26 bits per heavy atom. The molecular weight excluding hydrogens is 820 g/mol. The molecule has 2 fully saturated rings. The summed E-state index contributed by atoms with van der Waals surface area (Å²) in [6, 6.07) is 14.8. The maximum absolute atomic E-state index is 15.0. The van der Waals surface area contributed by atoms with Gasteiger partial charge in [0.1, 0.15) is 41.7 Å². The lowest BCUT2D eigenvalue weighted by Gasteiger charge is -2.40. The zero-order valence-corrected chi connectivity index (χ0v) is 33.3. The molecule has 6 heterocycles. The van der Waals surface area contributed by atoms with Crippen molar-refractivity contribution in [3.05, 3.63) is 164 Å². The molecule has 0 bridgehead atoms. The van der Waals surface area contributed by atoms with Crippen LogP contribution in [0.15, 0.2) is 104 Å². The van der Waals surface area contributed by atoms with Crippen molar-refractivity contribution in [1.82, 2.24) is 49.8 Å². The molecule has 2 aliphatic carbocycles. The summed E-state index contributed by atoms with van der Waals surface area (Å²) in [4.78, 5) is 51.1. The lowest BCUT2D eigenvalue weighted by atomic mass is 9.68. The summed E-state index contributed by atoms with van der Waals surface area (Å²) in [7, 11) is 0. The molecule has 0 aliphatic heterocycles. The van der Waals surface area contributed by atoms with E-state index in [1.54, 1.807) is 36.7 Å². The maximum Gasteiger partial charge on any atom is 0.263 e. The molecule has 14 nitrogen and oxygen atoms in total. The number of alkyl halides is 3. The number of nitrogens with one attached hydrogen (secondary N) is 1. The molecule has 0 unspecified atom stereocenters. The quantitative estimate of drug-likeness (QED) is 0.122. The van der Waals surface area contributed by atoms with Crippen LogP contribution < -0.4 is 11.1 Å². The van der Waals surface area contributed by atoms with E-state index < -0.39 is 23.0 Å². The van der Waals surface area contributed by atoms with Crippen LogP contribution in [0.3, 0.4) is 0 Å². The summed E-state index contributed by atoms with van der Waals surface area (Å²) < 4.78 is 67.6. The summed E-state index contributed by atoms with van der Waals surface area (Å²) in [5.41, 5.74) is -0.240. The summed E-state index contributed by atoms with van der Waals surface area (Å²) in [5.74, 6) is 0.342. The zero-order valence-electron chi connectivity index (χ0n) is 32.5. The number of pyridine rings is 2. The minimum absolute atomic E-state index is 0.0560. The van der Waals surface area contributed by atoms with E-state index in [1.165, 1.54) is 53.6 Å². The predicted octanol–water partition coefficient (Wildman–Crippen LogP) is 7.73. The Hall–Kier alpha value is -6.69. The molecule has 19 heteroatoms. The predicted molar refractivity (Wildman–Crippen MR) is 213 cm³/mol. The van der Waals surface area contributed by atoms with Crippen molar-refractivity contribution in [2.75, 3.05) is 0 Å². The van der Waals surface area contributed by atoms with Crippen LogP contribution in [0.4, 0.5) is 17.6 Å². The van der Waals surface area contributed by atoms with Gasteiger partial charge < -0.3 is 14.0 Å². The van der Waals surface area contributed by atoms with Crippen molar-refractivity contribution in [1.29, 1.82) is 0 Å². The Balaban J connectivity index is 0.000000141. The van der Waals surface area contributed by atoms with Crippen molar-refractivity contribution in [3.8, 4) is 0 Å². The van der Waals surface area contributed by atoms with Crippen LogP contribution in [-0.2, 0) is 23.8 Å². The van der Waals surface area contributed by atoms with Gasteiger partial charge in [-0.3, -0.25) is 14.2 Å². The first-order valence-electron chi connectivity index (χ1n) is 19.0. The monoisotopic (exact) mass is 854 g/mol. The smallest absolute Gasteiger partial charge is 0.263 e. The van der Waals surface area contributed by atoms with E-state index in [0.29, 0.717) is 50.7 Å². The van der Waals surface area contributed by atoms with Gasteiger partial charge in [0.05, 0.1) is 17.1 Å². The molecule has 10 rings (SSSR count). The summed E-state index contributed by atoms with van der Waals surface area (Å²) in [6.07, 6.45) is 6.76. The standard InChI is InChI=1S/C21H17F2N5O2.C13H11ClF2N2O.C8H7N3O/c1-12-5-6-24-19-17(12)20(29)28(11-25-19)10-16-26-18(27-30-16)13-8-21(23,9-13)14-3-2-4-15(22)7-14;14-7-11-17-12(18-19-11)8-5-13(16,6-8)9-2-1-3-10(15)4-9;1-5-2-3-9-7-6(5)8(12)11-4-10-7/h2-7,11,13H,8-10H2,1H3;1-4,8H,5-7H2;2-4H,1H3,(H,9,10,11,12). The van der Waals surface area contributed by atoms with E-state index in [4.69, 9.17) is 20.6 Å². The van der Waals surface area contributed by atoms with E-state index in [9.17, 15) is 22.8 Å². The molecular formula is C42H35ClF4N10O4. The zero-order chi connectivity index (χ0) is 42.9. The van der Waals surface area contributed by atoms with E-state index in [1.807, 2.05) is 13.8 Å². The third-order valence-corrected chi connectivity index (χ3v) is 11.0. The van der Waals surface area contributed by atoms with Crippen LogP contribution in [0.1, 0.15) is 83.2 Å². The van der Waals surface area contributed by atoms with Crippen LogP contribution in [0.25, 0.3) is 22.1 Å². The van der Waals surface area contributed by atoms with Gasteiger partial charge in [-0.25, -0.2) is 37.5 Å². The van der Waals surface area contributed by atoms with Gasteiger partial charge in [0, 0.05) is 24.2 Å². The number of halogens is 5. The first kappa shape index (κ1) is 41.1. The third kappa shape index (κ3) is 8.52. The molecule has 6 aromatic heterocycles. The summed E-state index contributed by atoms with van der Waals surface area (Å²) >= 11 is 5.56. The average molecular weight is 855 g/mol. The minimum Gasteiger partial charge on any atom is -0.338 e. The highest BCUT2D eigenvalue weighted by Gasteiger charge is 2.49. The number of rotatable bonds is 7. The highest BCUT2D eigenvalue weighted by molar-refractivity contribution is 6.16. The lowest BCUT2D eigenvalue weighted by molar-refractivity contribution is 0.0330. The number of nitrogens with zero attached hydrogens (tertiary/aromatic N) is 9. The molecule has 0 radical (unpaired) electrons. The summed E-state index contributed by atoms with van der Waals surface area (Å²) in [5, 5.41) is 8.73. The topological polar surface area (TPSA) is 184 Å². The first-order valence-corrected chi connectivity index (χ1v) is 19.6. The van der Waals surface area contributed by atoms with E-state index in [2.05, 4.69) is 45.2 Å². The molecule has 61 heavy (non-hydrogen) atoms. The van der Waals surface area contributed by atoms with Crippen LogP contribution >= 0.6 is 11.6 Å². The molecule has 2 saturated carbocycles. The Bertz CT molecular complexity index is 2980. The van der Waals surface area contributed by atoms with Gasteiger partial charge in [0.25, 0.3) is 11.1 Å². The van der Waals surface area contributed by atoms with Crippen molar-refractivity contribution in [2.24, 2.45) is 0 Å². The Labute approximate surface area is 348 Å². The van der Waals surface area contributed by atoms with Gasteiger partial charge >= 0.3 is 0 Å². The molecule has 0 atom stereocenters. The Morgan fingerprint density at radius 3 is 1.79 bits per heavy atom. The average Bonchev–Trinajstić information content (AvgIpc) is 3.90. The SMILES string of the molecule is Cc1ccnc2nc[nH]c(=O)c12.Cc1ccnc2ncn(Cc3nc(C4CC(F)(c5cccc(F)c5)C4)no3)c(=O)c12.Fc1cccc(C2(F)CC(c3noc(CCl)n3)C2)c1. The number of aromatic amines is 1. The fourth-order valence-corrected chi connectivity index (χ4v) is 7.54. The number of fused-ring (bicyclic) bond motifs is 2. The number of aryl methyl sites for hydroxylation is 2. The second-order valence-electron chi connectivity index (χ2n) is 15.0. The fraction of sp³-hybridized carbons (Fsp3) is 0.286. The molecule has 1 N–H and O–H groups in total. The Kier molecular flexibility index (Phi) is 11.3. The van der Waals surface area contributed by atoms with Gasteiger partial charge in [-0.05, 0) is 98.2 Å². The van der Waals surface area contributed by atoms with Gasteiger partial charge in [0.2, 0.25) is 11.8 Å². The highest BCUT2D eigenvalue weighted by Crippen LogP contribution is 2.54. The number of hydrogen-bond donors (Lipinski definition) is 1. The number of hydrogen-bond acceptors (Lipinski definition) is 12. The van der Waals surface area contributed by atoms with E-state index >= 15 is 4.39 Å². The molecule has 8 aromatic rings. The lowest BCUT2D eigenvalue weighted by Crippen LogP contribution is -2.36. The van der Waals surface area contributed by atoms with Crippen LogP contribution in [0.5, 0.6) is 0 Å². The van der Waals surface area contributed by atoms with Crippen LogP contribution in [0, 0.1) is 25.5 Å². The van der Waals surface area contributed by atoms with Crippen molar-refractivity contribution in [2.45, 2.75) is 75.1 Å². The fourth-order valence-electron chi connectivity index (χ4n) is 7.43. The van der Waals surface area contributed by atoms with Crippen molar-refractivity contribution >= 4 is 33.7 Å². The second-order valence-corrected chi connectivity index (χ2v) is 15.2. The second kappa shape index (κ2) is 16.8. The minimum atomic E-state index is -1.60. The van der Waals surface area contributed by atoms with Crippen LogP contribution in [0.2, 0.25) is 0 Å². The van der Waals surface area contributed by atoms with E-state index in [0.717, 1.165) is 11.1 Å². The maximum atomic E-state index is 15.0. The first-order chi connectivity index (χ1) is 29.3. The summed E-state index contributed by atoms with van der Waals surface area (Å²) in [6.45, 7) is 3.74. The van der Waals surface area contributed by atoms with Crippen molar-refractivity contribution < 1.29 is 26.6 Å². The van der Waals surface area contributed by atoms with Gasteiger partial charge in [-0.1, -0.05) is 34.6 Å². The normalized spacial score (nSPS) is 20.5. The number of benzene rings is 2. The van der Waals surface area contributed by atoms with Gasteiger partial charge in [-0.2, -0.15) is 9.97 Å². The van der Waals surface area contributed by atoms with Gasteiger partial charge in [-0.15, -0.1) is 11.6 Å². The molecule has 0 amide bonds. The Morgan fingerprint density at radius 1 is 0.738 bits per heavy atom. The molecule has 2 aliphatic rings. The molecule has 2 aromatic carbocycles. The molecule has 0 saturated heterocycles. The van der Waals surface area contributed by atoms with E-state index in [-0.39, 0.29) is 67.0 Å². The van der Waals surface area contributed by atoms with Crippen LogP contribution in [-0.4, -0.2) is 49.8 Å². The molecule has 312 valence electrons. The number of H-pyrrole nitrogens is 1. The highest BCUT2D eigenvalue weighted by atomic mass is 35.5. The van der Waals surface area contributed by atoms with Crippen molar-refractivity contribution in [3.63, 3.8) is 0 Å². The van der Waals surface area contributed by atoms with Gasteiger partial charge in [0.15, 0.2) is 22.9 Å². The number of aromatic nitrogens is 10.